The normalized spacial score (nSPS) is 17.0. The lowest BCUT2D eigenvalue weighted by molar-refractivity contribution is -0.137. The topological polar surface area (TPSA) is 103 Å². The maximum Gasteiger partial charge on any atom is 0.416 e. The summed E-state index contributed by atoms with van der Waals surface area (Å²) in [6.45, 7) is 6.09. The third kappa shape index (κ3) is 5.54. The van der Waals surface area contributed by atoms with Crippen molar-refractivity contribution in [1.29, 1.82) is 0 Å². The van der Waals surface area contributed by atoms with Crippen molar-refractivity contribution in [2.75, 3.05) is 18.4 Å². The number of aromatic hydroxyl groups is 1. The molecule has 0 aliphatic carbocycles. The highest BCUT2D eigenvalue weighted by Gasteiger charge is 2.31. The smallest absolute Gasteiger partial charge is 0.416 e. The number of carbonyl (C=O) groups is 1. The third-order valence-electron chi connectivity index (χ3n) is 5.56. The number of fused-ring (bicyclic) bond motifs is 1. The number of aromatic nitrogens is 3. The van der Waals surface area contributed by atoms with E-state index in [0.29, 0.717) is 29.3 Å². The van der Waals surface area contributed by atoms with E-state index in [4.69, 9.17) is 9.90 Å². The highest BCUT2D eigenvalue weighted by molar-refractivity contribution is 5.81. The van der Waals surface area contributed by atoms with Crippen LogP contribution in [0.4, 0.5) is 19.1 Å². The minimum Gasteiger partial charge on any atom is -0.507 e. The Morgan fingerprint density at radius 2 is 1.97 bits per heavy atom. The van der Waals surface area contributed by atoms with Gasteiger partial charge in [0.1, 0.15) is 11.4 Å². The van der Waals surface area contributed by atoms with Gasteiger partial charge in [0.25, 0.3) is 6.47 Å². The number of nitrogens with zero attached hydrogens (tertiary/aromatic N) is 4. The quantitative estimate of drug-likeness (QED) is 0.499. The lowest BCUT2D eigenvalue weighted by Crippen LogP contribution is -2.45. The molecule has 2 aromatic heterocycles. The summed E-state index contributed by atoms with van der Waals surface area (Å²) in [6.07, 6.45) is -0.589. The number of halogens is 3. The molecule has 3 aromatic rings. The number of hydrogen-bond acceptors (Lipinski definition) is 6. The molecule has 1 aliphatic rings. The van der Waals surface area contributed by atoms with Gasteiger partial charge in [-0.15, -0.1) is 10.2 Å². The molecule has 3 heterocycles. The number of rotatable bonds is 4. The number of carboxylic acid groups (broad SMARTS) is 1. The van der Waals surface area contributed by atoms with E-state index < -0.39 is 17.5 Å². The van der Waals surface area contributed by atoms with Crippen LogP contribution in [0.3, 0.4) is 0 Å². The molecular weight excluding hydrogens is 439 g/mol. The number of phenols is 1. The van der Waals surface area contributed by atoms with Gasteiger partial charge in [0.15, 0.2) is 0 Å². The minimum absolute atomic E-state index is 0.203. The van der Waals surface area contributed by atoms with Crippen molar-refractivity contribution < 1.29 is 28.2 Å². The monoisotopic (exact) mass is 465 g/mol. The first-order valence-corrected chi connectivity index (χ1v) is 10.5. The molecule has 0 bridgehead atoms. The van der Waals surface area contributed by atoms with E-state index >= 15 is 0 Å². The molecule has 1 atom stereocenters. The molecule has 0 radical (unpaired) electrons. The van der Waals surface area contributed by atoms with Crippen LogP contribution in [0.15, 0.2) is 36.5 Å². The highest BCUT2D eigenvalue weighted by Crippen LogP contribution is 2.37. The highest BCUT2D eigenvalue weighted by atomic mass is 19.4. The van der Waals surface area contributed by atoms with Crippen molar-refractivity contribution >= 4 is 17.9 Å². The molecular formula is C22H26F3N5O3. The van der Waals surface area contributed by atoms with Crippen LogP contribution >= 0.6 is 0 Å². The Bertz CT molecular complexity index is 1100. The summed E-state index contributed by atoms with van der Waals surface area (Å²) in [5.41, 5.74) is 0.270. The average molecular weight is 465 g/mol. The van der Waals surface area contributed by atoms with Gasteiger partial charge in [-0.1, -0.05) is 0 Å². The summed E-state index contributed by atoms with van der Waals surface area (Å²) < 4.78 is 40.5. The molecule has 0 spiro atoms. The summed E-state index contributed by atoms with van der Waals surface area (Å²) in [4.78, 5) is 10.8. The molecule has 178 valence electrons. The largest absolute Gasteiger partial charge is 0.507 e. The lowest BCUT2D eigenvalue weighted by atomic mass is 10.0. The SMILES string of the molecule is CC(C)N1CCC[C@@H](Nc2nnc(-c3ccc(C(F)(F)F)cc3O)c3cccn23)C1.O=CO. The van der Waals surface area contributed by atoms with Crippen molar-refractivity contribution in [1.82, 2.24) is 19.5 Å². The second-order valence-corrected chi connectivity index (χ2v) is 8.04. The molecule has 0 unspecified atom stereocenters. The van der Waals surface area contributed by atoms with Gasteiger partial charge < -0.3 is 15.5 Å². The van der Waals surface area contributed by atoms with Crippen LogP contribution in [0.25, 0.3) is 16.8 Å². The fourth-order valence-electron chi connectivity index (χ4n) is 3.93. The van der Waals surface area contributed by atoms with Crippen molar-refractivity contribution in [3.8, 4) is 17.0 Å². The summed E-state index contributed by atoms with van der Waals surface area (Å²) in [5.74, 6) is 0.0866. The zero-order valence-electron chi connectivity index (χ0n) is 18.3. The second-order valence-electron chi connectivity index (χ2n) is 8.04. The first-order chi connectivity index (χ1) is 15.7. The van der Waals surface area contributed by atoms with Gasteiger partial charge in [-0.3, -0.25) is 14.1 Å². The van der Waals surface area contributed by atoms with Crippen molar-refractivity contribution in [3.05, 3.63) is 42.1 Å². The van der Waals surface area contributed by atoms with Gasteiger partial charge in [0, 0.05) is 30.4 Å². The first-order valence-electron chi connectivity index (χ1n) is 10.5. The van der Waals surface area contributed by atoms with E-state index in [9.17, 15) is 18.3 Å². The molecule has 3 N–H and O–H groups in total. The molecule has 0 saturated carbocycles. The number of likely N-dealkylation sites (tertiary alicyclic amines) is 1. The Labute approximate surface area is 188 Å². The van der Waals surface area contributed by atoms with E-state index in [-0.39, 0.29) is 18.1 Å². The second kappa shape index (κ2) is 10.1. The van der Waals surface area contributed by atoms with Crippen molar-refractivity contribution in [3.63, 3.8) is 0 Å². The lowest BCUT2D eigenvalue weighted by Gasteiger charge is -2.35. The maximum atomic E-state index is 12.9. The average Bonchev–Trinajstić information content (AvgIpc) is 3.25. The number of nitrogens with one attached hydrogen (secondary N) is 1. The first kappa shape index (κ1) is 24.3. The van der Waals surface area contributed by atoms with E-state index in [1.165, 1.54) is 6.07 Å². The summed E-state index contributed by atoms with van der Waals surface area (Å²) in [7, 11) is 0. The van der Waals surface area contributed by atoms with E-state index in [1.807, 2.05) is 16.7 Å². The van der Waals surface area contributed by atoms with Crippen LogP contribution in [-0.4, -0.2) is 61.4 Å². The number of phenolic OH excluding ortho intramolecular Hbond substituents is 1. The molecule has 1 fully saturated rings. The molecule has 0 amide bonds. The van der Waals surface area contributed by atoms with Crippen molar-refractivity contribution in [2.45, 2.75) is 44.9 Å². The van der Waals surface area contributed by atoms with Gasteiger partial charge in [-0.25, -0.2) is 0 Å². The maximum absolute atomic E-state index is 12.9. The molecule has 1 aromatic carbocycles. The van der Waals surface area contributed by atoms with Crippen LogP contribution in [0, 0.1) is 0 Å². The van der Waals surface area contributed by atoms with Crippen LogP contribution in [0.2, 0.25) is 0 Å². The van der Waals surface area contributed by atoms with Gasteiger partial charge in [0.2, 0.25) is 5.95 Å². The number of hydrogen-bond donors (Lipinski definition) is 3. The number of anilines is 1. The van der Waals surface area contributed by atoms with Gasteiger partial charge >= 0.3 is 6.18 Å². The van der Waals surface area contributed by atoms with Crippen LogP contribution < -0.4 is 5.32 Å². The number of benzene rings is 1. The minimum atomic E-state index is -4.52. The summed E-state index contributed by atoms with van der Waals surface area (Å²) in [5, 5.41) is 29.1. The standard InChI is InChI=1S/C21H24F3N5O.CH2O2/c1-13(2)28-9-3-5-15(12-28)25-20-27-26-19(17-6-4-10-29(17)20)16-8-7-14(11-18(16)30)21(22,23)24;2-1-3/h4,6-8,10-11,13,15,30H,3,5,9,12H2,1-2H3,(H,25,27);1H,(H,2,3)/t15-;/m1./s1. The molecule has 1 aliphatic heterocycles. The molecule has 1 saturated heterocycles. The fraction of sp³-hybridized carbons (Fsp3) is 0.409. The van der Waals surface area contributed by atoms with E-state index in [1.54, 1.807) is 6.07 Å². The zero-order chi connectivity index (χ0) is 24.2. The molecule has 11 heteroatoms. The summed E-state index contributed by atoms with van der Waals surface area (Å²) >= 11 is 0. The molecule has 33 heavy (non-hydrogen) atoms. The van der Waals surface area contributed by atoms with Crippen LogP contribution in [0.1, 0.15) is 32.3 Å². The Balaban J connectivity index is 0.000000968. The van der Waals surface area contributed by atoms with E-state index in [0.717, 1.165) is 32.0 Å². The Kier molecular flexibility index (Phi) is 7.42. The predicted molar refractivity (Wildman–Crippen MR) is 117 cm³/mol. The van der Waals surface area contributed by atoms with Gasteiger partial charge in [0.05, 0.1) is 11.1 Å². The molecule has 8 nitrogen and oxygen atoms in total. The number of piperidine rings is 1. The Morgan fingerprint density at radius 3 is 2.61 bits per heavy atom. The third-order valence-corrected chi connectivity index (χ3v) is 5.56. The van der Waals surface area contributed by atoms with Crippen molar-refractivity contribution in [2.24, 2.45) is 0 Å². The van der Waals surface area contributed by atoms with Gasteiger partial charge in [-0.05, 0) is 63.6 Å². The van der Waals surface area contributed by atoms with Crippen LogP contribution in [-0.2, 0) is 11.0 Å². The van der Waals surface area contributed by atoms with Gasteiger partial charge in [-0.2, -0.15) is 13.2 Å². The Hall–Kier alpha value is -3.34. The fourth-order valence-corrected chi connectivity index (χ4v) is 3.93. The summed E-state index contributed by atoms with van der Waals surface area (Å²) in [6, 6.07) is 7.19. The predicted octanol–water partition coefficient (Wildman–Crippen LogP) is 4.11. The molecule has 4 rings (SSSR count). The van der Waals surface area contributed by atoms with Crippen LogP contribution in [0.5, 0.6) is 5.75 Å². The van der Waals surface area contributed by atoms with E-state index in [2.05, 4.69) is 34.3 Å². The Morgan fingerprint density at radius 1 is 1.24 bits per heavy atom. The zero-order valence-corrected chi connectivity index (χ0v) is 18.3. The number of alkyl halides is 3.